The Labute approximate surface area is 200 Å². The van der Waals surface area contributed by atoms with E-state index >= 15 is 0 Å². The first-order chi connectivity index (χ1) is 16.2. The van der Waals surface area contributed by atoms with Crippen LogP contribution in [-0.4, -0.2) is 21.7 Å². The topological polar surface area (TPSA) is 144 Å². The third kappa shape index (κ3) is 5.85. The van der Waals surface area contributed by atoms with Crippen LogP contribution in [0.3, 0.4) is 0 Å². The summed E-state index contributed by atoms with van der Waals surface area (Å²) in [5, 5.41) is 22.3. The molecule has 3 aromatic carbocycles. The third-order valence-corrected chi connectivity index (χ3v) is 5.88. The molecular formula is C21H14ClFN4O6S. The van der Waals surface area contributed by atoms with Gasteiger partial charge in [0.2, 0.25) is 0 Å². The van der Waals surface area contributed by atoms with Crippen LogP contribution < -0.4 is 10.9 Å². The number of nitro benzene ring substituents is 2. The smallest absolute Gasteiger partial charge is 0.267 e. The van der Waals surface area contributed by atoms with Gasteiger partial charge in [-0.15, -0.1) is 11.8 Å². The molecule has 0 atom stereocenters. The molecule has 0 heterocycles. The number of nitrogens with zero attached hydrogens (tertiary/aromatic N) is 2. The molecule has 0 bridgehead atoms. The van der Waals surface area contributed by atoms with Crippen molar-refractivity contribution in [2.75, 3.05) is 0 Å². The van der Waals surface area contributed by atoms with Crippen molar-refractivity contribution in [1.82, 2.24) is 10.9 Å². The van der Waals surface area contributed by atoms with E-state index in [-0.39, 0.29) is 32.5 Å². The van der Waals surface area contributed by atoms with E-state index in [1.54, 1.807) is 12.1 Å². The van der Waals surface area contributed by atoms with Crippen LogP contribution in [0.5, 0.6) is 0 Å². The highest BCUT2D eigenvalue weighted by Gasteiger charge is 2.20. The van der Waals surface area contributed by atoms with Crippen molar-refractivity contribution < 1.29 is 23.8 Å². The van der Waals surface area contributed by atoms with Crippen LogP contribution in [0.4, 0.5) is 15.8 Å². The molecule has 2 amide bonds. The Hall–Kier alpha value is -4.03. The Kier molecular flexibility index (Phi) is 7.76. The number of hydrogen-bond donors (Lipinski definition) is 2. The Morgan fingerprint density at radius 2 is 1.44 bits per heavy atom. The Balaban J connectivity index is 1.70. The van der Waals surface area contributed by atoms with Crippen molar-refractivity contribution in [3.8, 4) is 0 Å². The zero-order valence-electron chi connectivity index (χ0n) is 17.0. The molecule has 0 aliphatic heterocycles. The van der Waals surface area contributed by atoms with E-state index in [0.717, 1.165) is 30.0 Å². The molecule has 0 aliphatic rings. The van der Waals surface area contributed by atoms with E-state index in [9.17, 15) is 34.2 Å². The number of halogens is 2. The number of nitrogens with one attached hydrogen (secondary N) is 2. The molecule has 0 unspecified atom stereocenters. The number of amides is 2. The van der Waals surface area contributed by atoms with Crippen molar-refractivity contribution in [1.29, 1.82) is 0 Å². The van der Waals surface area contributed by atoms with Gasteiger partial charge in [0, 0.05) is 29.0 Å². The van der Waals surface area contributed by atoms with Crippen molar-refractivity contribution in [2.24, 2.45) is 0 Å². The summed E-state index contributed by atoms with van der Waals surface area (Å²) in [6.07, 6.45) is 0. The largest absolute Gasteiger partial charge is 0.288 e. The lowest BCUT2D eigenvalue weighted by atomic mass is 10.2. The molecular weight excluding hydrogens is 491 g/mol. The summed E-state index contributed by atoms with van der Waals surface area (Å²) in [6, 6.07) is 13.1. The minimum Gasteiger partial charge on any atom is -0.267 e. The standard InChI is InChI=1S/C21H14ClFN4O6S/c22-15-7-5-12(9-17(15)26(30)31)20(28)24-25-21(29)13-6-8-19(18(10-13)27(32)33)34-11-14-3-1-2-4-16(14)23/h1-10H,11H2,(H,24,28)(H,25,29). The van der Waals surface area contributed by atoms with E-state index in [1.807, 2.05) is 0 Å². The summed E-state index contributed by atoms with van der Waals surface area (Å²) in [6.45, 7) is 0. The lowest BCUT2D eigenvalue weighted by Crippen LogP contribution is -2.41. The summed E-state index contributed by atoms with van der Waals surface area (Å²) in [7, 11) is 0. The molecule has 0 saturated heterocycles. The monoisotopic (exact) mass is 504 g/mol. The SMILES string of the molecule is O=C(NNC(=O)c1ccc(SCc2ccccc2F)c([N+](=O)[O-])c1)c1ccc(Cl)c([N+](=O)[O-])c1. The van der Waals surface area contributed by atoms with E-state index < -0.39 is 33.2 Å². The highest BCUT2D eigenvalue weighted by molar-refractivity contribution is 7.98. The van der Waals surface area contributed by atoms with Crippen molar-refractivity contribution in [3.05, 3.63) is 108 Å². The molecule has 3 rings (SSSR count). The van der Waals surface area contributed by atoms with Crippen molar-refractivity contribution in [3.63, 3.8) is 0 Å². The van der Waals surface area contributed by atoms with Gasteiger partial charge >= 0.3 is 0 Å². The molecule has 0 spiro atoms. The predicted molar refractivity (Wildman–Crippen MR) is 122 cm³/mol. The number of hydrogen-bond acceptors (Lipinski definition) is 7. The normalized spacial score (nSPS) is 10.4. The molecule has 174 valence electrons. The van der Waals surface area contributed by atoms with Gasteiger partial charge in [0.05, 0.1) is 14.7 Å². The maximum Gasteiger partial charge on any atom is 0.288 e. The Morgan fingerprint density at radius 1 is 0.882 bits per heavy atom. The van der Waals surface area contributed by atoms with Gasteiger partial charge in [-0.25, -0.2) is 4.39 Å². The second-order valence-corrected chi connectivity index (χ2v) is 8.08. The van der Waals surface area contributed by atoms with Crippen LogP contribution in [0.1, 0.15) is 26.3 Å². The average molecular weight is 505 g/mol. The zero-order valence-corrected chi connectivity index (χ0v) is 18.6. The van der Waals surface area contributed by atoms with Gasteiger partial charge in [-0.1, -0.05) is 29.8 Å². The van der Waals surface area contributed by atoms with Gasteiger partial charge in [-0.2, -0.15) is 0 Å². The van der Waals surface area contributed by atoms with E-state index in [1.165, 1.54) is 30.3 Å². The molecule has 13 heteroatoms. The molecule has 10 nitrogen and oxygen atoms in total. The molecule has 2 N–H and O–H groups in total. The lowest BCUT2D eigenvalue weighted by Gasteiger charge is -2.09. The van der Waals surface area contributed by atoms with Crippen LogP contribution >= 0.6 is 23.4 Å². The minimum atomic E-state index is -0.861. The summed E-state index contributed by atoms with van der Waals surface area (Å²) in [5.74, 6) is -2.01. The number of thioether (sulfide) groups is 1. The summed E-state index contributed by atoms with van der Waals surface area (Å²) in [4.78, 5) is 45.8. The van der Waals surface area contributed by atoms with Gasteiger partial charge in [0.15, 0.2) is 0 Å². The quantitative estimate of drug-likeness (QED) is 0.270. The first-order valence-corrected chi connectivity index (χ1v) is 10.7. The molecule has 3 aromatic rings. The van der Waals surface area contributed by atoms with Crippen LogP contribution in [0, 0.1) is 26.0 Å². The number of hydrazine groups is 1. The fourth-order valence-electron chi connectivity index (χ4n) is 2.75. The number of carbonyl (C=O) groups excluding carboxylic acids is 2. The van der Waals surface area contributed by atoms with Crippen LogP contribution in [0.25, 0.3) is 0 Å². The van der Waals surface area contributed by atoms with Gasteiger partial charge in [-0.05, 0) is 35.9 Å². The Bertz CT molecular complexity index is 1310. The number of rotatable bonds is 7. The molecule has 0 radical (unpaired) electrons. The number of benzene rings is 3. The van der Waals surface area contributed by atoms with Crippen LogP contribution in [0.2, 0.25) is 5.02 Å². The molecule has 0 aromatic heterocycles. The van der Waals surface area contributed by atoms with Crippen molar-refractivity contribution in [2.45, 2.75) is 10.6 Å². The fraction of sp³-hybridized carbons (Fsp3) is 0.0476. The van der Waals surface area contributed by atoms with Crippen LogP contribution in [-0.2, 0) is 5.75 Å². The van der Waals surface area contributed by atoms with Gasteiger partial charge in [0.1, 0.15) is 10.8 Å². The van der Waals surface area contributed by atoms with Gasteiger partial charge < -0.3 is 0 Å². The second kappa shape index (κ2) is 10.7. The zero-order chi connectivity index (χ0) is 24.8. The number of carbonyl (C=O) groups is 2. The maximum absolute atomic E-state index is 13.8. The predicted octanol–water partition coefficient (Wildman–Crippen LogP) is 4.66. The first-order valence-electron chi connectivity index (χ1n) is 9.36. The summed E-state index contributed by atoms with van der Waals surface area (Å²) in [5.41, 5.74) is 3.43. The third-order valence-electron chi connectivity index (χ3n) is 4.45. The number of nitro groups is 2. The molecule has 0 saturated carbocycles. The Morgan fingerprint density at radius 3 is 2.03 bits per heavy atom. The fourth-order valence-corrected chi connectivity index (χ4v) is 3.92. The van der Waals surface area contributed by atoms with Gasteiger partial charge in [-0.3, -0.25) is 40.7 Å². The first kappa shape index (κ1) is 24.6. The maximum atomic E-state index is 13.8. The molecule has 0 fully saturated rings. The highest BCUT2D eigenvalue weighted by atomic mass is 35.5. The summed E-state index contributed by atoms with van der Waals surface area (Å²) < 4.78 is 13.8. The average Bonchev–Trinajstić information content (AvgIpc) is 2.81. The second-order valence-electron chi connectivity index (χ2n) is 6.65. The summed E-state index contributed by atoms with van der Waals surface area (Å²) >= 11 is 6.74. The minimum absolute atomic E-state index is 0.121. The van der Waals surface area contributed by atoms with E-state index in [4.69, 9.17) is 11.6 Å². The van der Waals surface area contributed by atoms with E-state index in [0.29, 0.717) is 5.56 Å². The molecule has 0 aliphatic carbocycles. The highest BCUT2D eigenvalue weighted by Crippen LogP contribution is 2.33. The lowest BCUT2D eigenvalue weighted by molar-refractivity contribution is -0.387. The van der Waals surface area contributed by atoms with Crippen molar-refractivity contribution >= 4 is 46.6 Å². The molecule has 34 heavy (non-hydrogen) atoms. The van der Waals surface area contributed by atoms with Crippen LogP contribution in [0.15, 0.2) is 65.6 Å². The van der Waals surface area contributed by atoms with Gasteiger partial charge in [0.25, 0.3) is 23.2 Å². The van der Waals surface area contributed by atoms with E-state index in [2.05, 4.69) is 10.9 Å².